The van der Waals surface area contributed by atoms with Gasteiger partial charge in [-0.1, -0.05) is 6.92 Å². The topological polar surface area (TPSA) is 105 Å². The van der Waals surface area contributed by atoms with Crippen LogP contribution in [0, 0.1) is 0 Å². The highest BCUT2D eigenvalue weighted by Gasteiger charge is 2.28. The first-order valence-electron chi connectivity index (χ1n) is 7.89. The smallest absolute Gasteiger partial charge is 0.347 e. The molecule has 0 N–H and O–H groups in total. The van der Waals surface area contributed by atoms with Gasteiger partial charge in [0.25, 0.3) is 0 Å². The monoisotopic (exact) mass is 346 g/mol. The summed E-state index contributed by atoms with van der Waals surface area (Å²) in [7, 11) is 0. The third-order valence-corrected chi connectivity index (χ3v) is 3.09. The number of Topliss-reactive ketones (excluding diaryl/α,β-unsaturated/α-hetero) is 1. The van der Waals surface area contributed by atoms with Crippen LogP contribution in [0.3, 0.4) is 0 Å². The van der Waals surface area contributed by atoms with Crippen LogP contribution in [0.15, 0.2) is 0 Å². The molecule has 8 nitrogen and oxygen atoms in total. The molecule has 0 amide bonds. The second-order valence-electron chi connectivity index (χ2n) is 5.15. The van der Waals surface area contributed by atoms with Crippen LogP contribution in [0.4, 0.5) is 0 Å². The second-order valence-corrected chi connectivity index (χ2v) is 5.15. The lowest BCUT2D eigenvalue weighted by Crippen LogP contribution is -2.37. The van der Waals surface area contributed by atoms with Crippen LogP contribution in [0.5, 0.6) is 0 Å². The normalized spacial score (nSPS) is 15.6. The lowest BCUT2D eigenvalue weighted by Gasteiger charge is -2.19. The number of hydrogen-bond acceptors (Lipinski definition) is 8. The lowest BCUT2D eigenvalue weighted by atomic mass is 10.2. The average Bonchev–Trinajstić information content (AvgIpc) is 2.53. The first kappa shape index (κ1) is 22.0. The summed E-state index contributed by atoms with van der Waals surface area (Å²) in [6, 6.07) is 0. The summed E-state index contributed by atoms with van der Waals surface area (Å²) >= 11 is 0. The average molecular weight is 346 g/mol. The second kappa shape index (κ2) is 10.7. The Bertz CT molecular complexity index is 459. The molecule has 0 spiro atoms. The molecule has 8 heteroatoms. The first-order valence-corrected chi connectivity index (χ1v) is 7.89. The number of hydrogen-bond donors (Lipinski definition) is 0. The molecule has 138 valence electrons. The largest absolute Gasteiger partial charge is 0.452 e. The van der Waals surface area contributed by atoms with Gasteiger partial charge in [0.15, 0.2) is 30.2 Å². The summed E-state index contributed by atoms with van der Waals surface area (Å²) in [5, 5.41) is 0. The Labute approximate surface area is 141 Å². The van der Waals surface area contributed by atoms with Crippen molar-refractivity contribution in [2.24, 2.45) is 0 Å². The van der Waals surface area contributed by atoms with Crippen LogP contribution in [0.2, 0.25) is 0 Å². The molecule has 0 aromatic heterocycles. The van der Waals surface area contributed by atoms with Gasteiger partial charge in [-0.3, -0.25) is 4.79 Å². The van der Waals surface area contributed by atoms with Crippen LogP contribution >= 0.6 is 0 Å². The molecule has 4 atom stereocenters. The Morgan fingerprint density at radius 3 is 1.42 bits per heavy atom. The summed E-state index contributed by atoms with van der Waals surface area (Å²) in [6.07, 6.45) is -3.92. The number of esters is 3. The molecule has 0 fully saturated rings. The highest BCUT2D eigenvalue weighted by Crippen LogP contribution is 2.06. The van der Waals surface area contributed by atoms with E-state index in [0.717, 1.165) is 0 Å². The van der Waals surface area contributed by atoms with Crippen LogP contribution in [-0.2, 0) is 38.1 Å². The summed E-state index contributed by atoms with van der Waals surface area (Å²) in [4.78, 5) is 46.6. The van der Waals surface area contributed by atoms with Crippen molar-refractivity contribution in [1.82, 2.24) is 0 Å². The fraction of sp³-hybridized carbons (Fsp3) is 0.750. The number of ketones is 1. The molecule has 0 rings (SSSR count). The molecular weight excluding hydrogens is 320 g/mol. The van der Waals surface area contributed by atoms with Crippen molar-refractivity contribution < 1.29 is 38.1 Å². The Kier molecular flexibility index (Phi) is 9.87. The minimum absolute atomic E-state index is 0.230. The van der Waals surface area contributed by atoms with E-state index in [2.05, 4.69) is 0 Å². The highest BCUT2D eigenvalue weighted by atomic mass is 16.6. The Balaban J connectivity index is 4.45. The van der Waals surface area contributed by atoms with Crippen LogP contribution < -0.4 is 0 Å². The molecular formula is C16H26O8. The van der Waals surface area contributed by atoms with E-state index in [9.17, 15) is 19.2 Å². The zero-order valence-electron chi connectivity index (χ0n) is 15.0. The van der Waals surface area contributed by atoms with Crippen LogP contribution in [0.25, 0.3) is 0 Å². The molecule has 0 saturated carbocycles. The minimum atomic E-state index is -1.23. The van der Waals surface area contributed by atoms with Crippen LogP contribution in [0.1, 0.15) is 48.0 Å². The van der Waals surface area contributed by atoms with Gasteiger partial charge in [-0.25, -0.2) is 14.4 Å². The zero-order chi connectivity index (χ0) is 18.9. The van der Waals surface area contributed by atoms with Crippen molar-refractivity contribution in [3.05, 3.63) is 0 Å². The van der Waals surface area contributed by atoms with Crippen LogP contribution in [-0.4, -0.2) is 54.7 Å². The SMILES string of the molecule is CCO[C@@H](C)C(=O)O[C@H](C)C(=O)O[C@@H](C)C(=O)O[C@H](C)C(=O)CC. The molecule has 24 heavy (non-hydrogen) atoms. The van der Waals surface area contributed by atoms with Gasteiger partial charge in [0.2, 0.25) is 0 Å². The molecule has 0 radical (unpaired) electrons. The van der Waals surface area contributed by atoms with E-state index in [4.69, 9.17) is 18.9 Å². The molecule has 0 bridgehead atoms. The Hall–Kier alpha value is -1.96. The number of carbonyl (C=O) groups excluding carboxylic acids is 4. The van der Waals surface area contributed by atoms with Crippen molar-refractivity contribution in [2.45, 2.75) is 72.4 Å². The fourth-order valence-electron chi connectivity index (χ4n) is 1.58. The third kappa shape index (κ3) is 7.54. The fourth-order valence-corrected chi connectivity index (χ4v) is 1.58. The van der Waals surface area contributed by atoms with Gasteiger partial charge in [0.05, 0.1) is 0 Å². The summed E-state index contributed by atoms with van der Waals surface area (Å²) in [5.74, 6) is -2.70. The maximum atomic E-state index is 11.8. The predicted octanol–water partition coefficient (Wildman–Crippen LogP) is 1.19. The van der Waals surface area contributed by atoms with E-state index in [1.54, 1.807) is 13.8 Å². The van der Waals surface area contributed by atoms with Crippen molar-refractivity contribution >= 4 is 23.7 Å². The van der Waals surface area contributed by atoms with E-state index in [0.29, 0.717) is 6.61 Å². The molecule has 0 aromatic rings. The number of carbonyl (C=O) groups is 4. The van der Waals surface area contributed by atoms with Crippen molar-refractivity contribution in [3.63, 3.8) is 0 Å². The summed E-state index contributed by atoms with van der Waals surface area (Å²) < 4.78 is 19.7. The zero-order valence-corrected chi connectivity index (χ0v) is 15.0. The molecule has 0 aliphatic heterocycles. The maximum Gasteiger partial charge on any atom is 0.347 e. The van der Waals surface area contributed by atoms with Gasteiger partial charge < -0.3 is 18.9 Å². The van der Waals surface area contributed by atoms with Gasteiger partial charge in [0, 0.05) is 13.0 Å². The highest BCUT2D eigenvalue weighted by molar-refractivity contribution is 5.87. The third-order valence-electron chi connectivity index (χ3n) is 3.09. The van der Waals surface area contributed by atoms with Crippen molar-refractivity contribution in [3.8, 4) is 0 Å². The first-order chi connectivity index (χ1) is 11.1. The quantitative estimate of drug-likeness (QED) is 0.429. The van der Waals surface area contributed by atoms with Gasteiger partial charge in [-0.2, -0.15) is 0 Å². The molecule has 0 aliphatic rings. The predicted molar refractivity (Wildman–Crippen MR) is 83.0 cm³/mol. The summed E-state index contributed by atoms with van der Waals surface area (Å²) in [6.45, 7) is 9.26. The van der Waals surface area contributed by atoms with E-state index in [1.807, 2.05) is 0 Å². The molecule has 0 aliphatic carbocycles. The van der Waals surface area contributed by atoms with Gasteiger partial charge in [-0.05, 0) is 34.6 Å². The molecule has 0 unspecified atom stereocenters. The van der Waals surface area contributed by atoms with Crippen molar-refractivity contribution in [2.75, 3.05) is 6.61 Å². The van der Waals surface area contributed by atoms with E-state index in [-0.39, 0.29) is 12.2 Å². The molecule has 0 heterocycles. The Morgan fingerprint density at radius 2 is 1.04 bits per heavy atom. The number of rotatable bonds is 10. The summed E-state index contributed by atoms with van der Waals surface area (Å²) in [5.41, 5.74) is 0. The maximum absolute atomic E-state index is 11.8. The van der Waals surface area contributed by atoms with Gasteiger partial charge in [-0.15, -0.1) is 0 Å². The van der Waals surface area contributed by atoms with E-state index in [1.165, 1.54) is 27.7 Å². The van der Waals surface area contributed by atoms with E-state index < -0.39 is 42.3 Å². The lowest BCUT2D eigenvalue weighted by molar-refractivity contribution is -0.181. The molecule has 0 saturated heterocycles. The van der Waals surface area contributed by atoms with Gasteiger partial charge in [0.1, 0.15) is 0 Å². The number of ether oxygens (including phenoxy) is 4. The molecule has 0 aromatic carbocycles. The van der Waals surface area contributed by atoms with E-state index >= 15 is 0 Å². The van der Waals surface area contributed by atoms with Gasteiger partial charge >= 0.3 is 17.9 Å². The standard InChI is InChI=1S/C16H26O8/c1-7-13(17)9(3)22-15(19)11(5)24-16(20)12(6)23-14(18)10(4)21-8-2/h9-12H,7-8H2,1-6H3/t9-,10+,11+,12-/m1/s1. The van der Waals surface area contributed by atoms with Crippen molar-refractivity contribution in [1.29, 1.82) is 0 Å². The Morgan fingerprint density at radius 1 is 0.667 bits per heavy atom. The minimum Gasteiger partial charge on any atom is -0.452 e.